The van der Waals surface area contributed by atoms with Crippen molar-refractivity contribution < 1.29 is 14.3 Å². The van der Waals surface area contributed by atoms with E-state index in [0.29, 0.717) is 17.0 Å². The van der Waals surface area contributed by atoms with Gasteiger partial charge in [-0.2, -0.15) is 0 Å². The number of H-pyrrole nitrogens is 1. The van der Waals surface area contributed by atoms with Gasteiger partial charge in [0.15, 0.2) is 5.65 Å². The molecule has 0 unspecified atom stereocenters. The summed E-state index contributed by atoms with van der Waals surface area (Å²) in [6.45, 7) is 0. The summed E-state index contributed by atoms with van der Waals surface area (Å²) in [5.41, 5.74) is 1.66. The zero-order chi connectivity index (χ0) is 11.8. The number of furan rings is 1. The fourth-order valence-electron chi connectivity index (χ4n) is 1.62. The van der Waals surface area contributed by atoms with Gasteiger partial charge < -0.3 is 14.5 Å². The van der Waals surface area contributed by atoms with Crippen LogP contribution in [0.15, 0.2) is 35.3 Å². The lowest BCUT2D eigenvalue weighted by Crippen LogP contribution is -1.97. The predicted octanol–water partition coefficient (Wildman–Crippen LogP) is 1.92. The molecule has 0 bridgehead atoms. The van der Waals surface area contributed by atoms with Crippen LogP contribution in [0.5, 0.6) is 0 Å². The van der Waals surface area contributed by atoms with E-state index in [4.69, 9.17) is 9.52 Å². The molecule has 3 aromatic rings. The number of carboxylic acid groups (broad SMARTS) is 1. The van der Waals surface area contributed by atoms with Crippen LogP contribution in [-0.2, 0) is 0 Å². The number of nitrogens with one attached hydrogen (secondary N) is 1. The van der Waals surface area contributed by atoms with E-state index in [2.05, 4.69) is 15.0 Å². The van der Waals surface area contributed by atoms with Crippen LogP contribution < -0.4 is 0 Å². The highest BCUT2D eigenvalue weighted by molar-refractivity contribution is 6.00. The van der Waals surface area contributed by atoms with Crippen molar-refractivity contribution in [2.24, 2.45) is 0 Å². The molecular weight excluding hydrogens is 222 g/mol. The molecule has 6 nitrogen and oxygen atoms in total. The van der Waals surface area contributed by atoms with Gasteiger partial charge in [0.05, 0.1) is 17.4 Å². The number of aromatic carboxylic acids is 1. The Kier molecular flexibility index (Phi) is 1.94. The van der Waals surface area contributed by atoms with Gasteiger partial charge in [0.25, 0.3) is 0 Å². The molecule has 6 heteroatoms. The van der Waals surface area contributed by atoms with Crippen molar-refractivity contribution >= 4 is 17.1 Å². The fraction of sp³-hybridized carbons (Fsp3) is 0. The summed E-state index contributed by atoms with van der Waals surface area (Å²) in [6, 6.07) is 3.16. The molecular formula is C11H7N3O3. The van der Waals surface area contributed by atoms with E-state index in [9.17, 15) is 4.79 Å². The van der Waals surface area contributed by atoms with Gasteiger partial charge in [-0.25, -0.2) is 14.8 Å². The van der Waals surface area contributed by atoms with Crippen molar-refractivity contribution in [1.29, 1.82) is 0 Å². The number of aromatic amines is 1. The van der Waals surface area contributed by atoms with E-state index in [1.165, 1.54) is 24.8 Å². The Morgan fingerprint density at radius 1 is 1.41 bits per heavy atom. The van der Waals surface area contributed by atoms with Crippen molar-refractivity contribution in [2.45, 2.75) is 0 Å². The molecule has 2 N–H and O–H groups in total. The first-order valence-electron chi connectivity index (χ1n) is 4.86. The summed E-state index contributed by atoms with van der Waals surface area (Å²) >= 11 is 0. The largest absolute Gasteiger partial charge is 0.478 e. The molecule has 0 amide bonds. The molecule has 84 valence electrons. The van der Waals surface area contributed by atoms with Crippen LogP contribution in [0.3, 0.4) is 0 Å². The Morgan fingerprint density at radius 3 is 3.00 bits per heavy atom. The monoisotopic (exact) mass is 229 g/mol. The maximum absolute atomic E-state index is 11.0. The topological polar surface area (TPSA) is 92.0 Å². The summed E-state index contributed by atoms with van der Waals surface area (Å²) < 4.78 is 4.95. The summed E-state index contributed by atoms with van der Waals surface area (Å²) in [6.07, 6.45) is 4.48. The molecule has 3 aromatic heterocycles. The maximum atomic E-state index is 11.0. The van der Waals surface area contributed by atoms with Gasteiger partial charge in [0, 0.05) is 6.20 Å². The van der Waals surface area contributed by atoms with Crippen LogP contribution in [0.25, 0.3) is 22.6 Å². The lowest BCUT2D eigenvalue weighted by molar-refractivity contribution is 0.0699. The minimum atomic E-state index is -1.03. The van der Waals surface area contributed by atoms with E-state index >= 15 is 0 Å². The van der Waals surface area contributed by atoms with Crippen LogP contribution in [0.4, 0.5) is 0 Å². The zero-order valence-corrected chi connectivity index (χ0v) is 8.54. The van der Waals surface area contributed by atoms with Gasteiger partial charge in [-0.05, 0) is 12.1 Å². The van der Waals surface area contributed by atoms with Crippen molar-refractivity contribution in [2.75, 3.05) is 0 Å². The predicted molar refractivity (Wildman–Crippen MR) is 58.6 cm³/mol. The Labute approximate surface area is 94.9 Å². The third-order valence-electron chi connectivity index (χ3n) is 2.41. The van der Waals surface area contributed by atoms with Gasteiger partial charge in [-0.1, -0.05) is 0 Å². The Hall–Kier alpha value is -2.63. The van der Waals surface area contributed by atoms with E-state index in [1.54, 1.807) is 6.07 Å². The first-order chi connectivity index (χ1) is 8.25. The Morgan fingerprint density at radius 2 is 2.29 bits per heavy atom. The van der Waals surface area contributed by atoms with Crippen LogP contribution >= 0.6 is 0 Å². The molecule has 0 radical (unpaired) electrons. The summed E-state index contributed by atoms with van der Waals surface area (Å²) in [5.74, 6) is -0.488. The Balaban J connectivity index is 2.26. The lowest BCUT2D eigenvalue weighted by Gasteiger charge is -1.92. The van der Waals surface area contributed by atoms with E-state index in [0.717, 1.165) is 5.56 Å². The maximum Gasteiger partial charge on any atom is 0.338 e. The molecule has 0 aliphatic heterocycles. The SMILES string of the molecule is O=C(O)c1ccnc2[nH]c(-c3ccoc3)nc12. The number of aromatic nitrogens is 3. The molecule has 3 heterocycles. The number of carbonyl (C=O) groups is 1. The van der Waals surface area contributed by atoms with Crippen molar-refractivity contribution in [1.82, 2.24) is 15.0 Å². The second-order valence-corrected chi connectivity index (χ2v) is 3.46. The van der Waals surface area contributed by atoms with Crippen LogP contribution in [0.1, 0.15) is 10.4 Å². The fourth-order valence-corrected chi connectivity index (χ4v) is 1.62. The minimum absolute atomic E-state index is 0.126. The number of hydrogen-bond donors (Lipinski definition) is 2. The lowest BCUT2D eigenvalue weighted by atomic mass is 10.2. The minimum Gasteiger partial charge on any atom is -0.478 e. The third kappa shape index (κ3) is 1.46. The molecule has 0 saturated heterocycles. The van der Waals surface area contributed by atoms with Gasteiger partial charge in [-0.15, -0.1) is 0 Å². The van der Waals surface area contributed by atoms with Crippen LogP contribution in [-0.4, -0.2) is 26.0 Å². The van der Waals surface area contributed by atoms with Gasteiger partial charge >= 0.3 is 5.97 Å². The normalized spacial score (nSPS) is 10.8. The van der Waals surface area contributed by atoms with Crippen molar-refractivity contribution in [3.8, 4) is 11.4 Å². The van der Waals surface area contributed by atoms with Gasteiger partial charge in [-0.3, -0.25) is 0 Å². The summed E-state index contributed by atoms with van der Waals surface area (Å²) in [5, 5.41) is 9.02. The number of carboxylic acids is 1. The molecule has 0 spiro atoms. The molecule has 3 rings (SSSR count). The average Bonchev–Trinajstić information content (AvgIpc) is 2.96. The van der Waals surface area contributed by atoms with Crippen LogP contribution in [0, 0.1) is 0 Å². The second-order valence-electron chi connectivity index (χ2n) is 3.46. The molecule has 17 heavy (non-hydrogen) atoms. The van der Waals surface area contributed by atoms with Crippen LogP contribution in [0.2, 0.25) is 0 Å². The number of pyridine rings is 1. The zero-order valence-electron chi connectivity index (χ0n) is 8.54. The van der Waals surface area contributed by atoms with Crippen molar-refractivity contribution in [3.05, 3.63) is 36.4 Å². The quantitative estimate of drug-likeness (QED) is 0.700. The Bertz CT molecular complexity index is 685. The first-order valence-corrected chi connectivity index (χ1v) is 4.86. The molecule has 0 fully saturated rings. The summed E-state index contributed by atoms with van der Waals surface area (Å²) in [4.78, 5) is 22.2. The van der Waals surface area contributed by atoms with E-state index in [-0.39, 0.29) is 5.56 Å². The highest BCUT2D eigenvalue weighted by atomic mass is 16.4. The smallest absolute Gasteiger partial charge is 0.338 e. The van der Waals surface area contributed by atoms with E-state index < -0.39 is 5.97 Å². The first kappa shape index (κ1) is 9.59. The number of imidazole rings is 1. The number of fused-ring (bicyclic) bond motifs is 1. The molecule has 0 aromatic carbocycles. The third-order valence-corrected chi connectivity index (χ3v) is 2.41. The molecule has 0 aliphatic rings. The standard InChI is InChI=1S/C11H7N3O3/c15-11(16)7-1-3-12-10-8(7)13-9(14-10)6-2-4-17-5-6/h1-5H,(H,15,16)(H,12,13,14). The van der Waals surface area contributed by atoms with Crippen molar-refractivity contribution in [3.63, 3.8) is 0 Å². The highest BCUT2D eigenvalue weighted by Crippen LogP contribution is 2.21. The number of hydrogen-bond acceptors (Lipinski definition) is 4. The van der Waals surface area contributed by atoms with Gasteiger partial charge in [0.2, 0.25) is 0 Å². The molecule has 0 atom stereocenters. The highest BCUT2D eigenvalue weighted by Gasteiger charge is 2.14. The number of nitrogens with zero attached hydrogens (tertiary/aromatic N) is 2. The summed E-state index contributed by atoms with van der Waals surface area (Å²) in [7, 11) is 0. The average molecular weight is 229 g/mol. The van der Waals surface area contributed by atoms with Gasteiger partial charge in [0.1, 0.15) is 17.6 Å². The number of rotatable bonds is 2. The second kappa shape index (κ2) is 3.44. The molecule has 0 aliphatic carbocycles. The molecule has 0 saturated carbocycles. The van der Waals surface area contributed by atoms with E-state index in [1.807, 2.05) is 0 Å².